The number of nitrogens with zero attached hydrogens (tertiary/aromatic N) is 1. The molecule has 0 aliphatic carbocycles. The molecule has 1 amide bonds. The predicted octanol–water partition coefficient (Wildman–Crippen LogP) is -0.690. The number of sulfone groups is 1. The summed E-state index contributed by atoms with van der Waals surface area (Å²) in [5.41, 5.74) is 5.40. The summed E-state index contributed by atoms with van der Waals surface area (Å²) in [6, 6.07) is 0. The largest absolute Gasteiger partial charge is 0.409 e. The van der Waals surface area contributed by atoms with Crippen molar-refractivity contribution in [3.05, 3.63) is 0 Å². The number of oxime groups is 1. The molecule has 1 heterocycles. The Balaban J connectivity index is 2.46. The number of nitrogens with two attached hydrogens (primary N) is 1. The summed E-state index contributed by atoms with van der Waals surface area (Å²) in [6.07, 6.45) is 0.994. The molecule has 7 nitrogen and oxygen atoms in total. The first kappa shape index (κ1) is 14.7. The minimum atomic E-state index is -2.93. The van der Waals surface area contributed by atoms with Gasteiger partial charge in [0.25, 0.3) is 0 Å². The third-order valence-electron chi connectivity index (χ3n) is 3.09. The SMILES string of the molecule is CCC(C(=O)NCC1CCS(=O)(=O)C1)C(N)=NO. The fraction of sp³-hybridized carbons (Fsp3) is 0.800. The number of nitrogens with one attached hydrogen (secondary N) is 1. The molecule has 0 aromatic carbocycles. The molecule has 2 atom stereocenters. The maximum Gasteiger partial charge on any atom is 0.230 e. The van der Waals surface area contributed by atoms with Crippen LogP contribution < -0.4 is 11.1 Å². The second kappa shape index (κ2) is 6.03. The number of carbonyl (C=O) groups is 1. The summed E-state index contributed by atoms with van der Waals surface area (Å²) < 4.78 is 22.5. The van der Waals surface area contributed by atoms with Crippen LogP contribution in [0.25, 0.3) is 0 Å². The van der Waals surface area contributed by atoms with E-state index in [0.717, 1.165) is 0 Å². The summed E-state index contributed by atoms with van der Waals surface area (Å²) in [6.45, 7) is 2.07. The summed E-state index contributed by atoms with van der Waals surface area (Å²) in [4.78, 5) is 11.8. The molecule has 0 aromatic heterocycles. The highest BCUT2D eigenvalue weighted by atomic mass is 32.2. The number of amides is 1. The highest BCUT2D eigenvalue weighted by Crippen LogP contribution is 2.17. The van der Waals surface area contributed by atoms with E-state index in [1.165, 1.54) is 0 Å². The van der Waals surface area contributed by atoms with Crippen LogP contribution in [0.3, 0.4) is 0 Å². The van der Waals surface area contributed by atoms with E-state index in [-0.39, 0.29) is 29.2 Å². The third-order valence-corrected chi connectivity index (χ3v) is 4.93. The van der Waals surface area contributed by atoms with Gasteiger partial charge in [-0.15, -0.1) is 0 Å². The van der Waals surface area contributed by atoms with E-state index in [1.54, 1.807) is 6.92 Å². The van der Waals surface area contributed by atoms with Crippen LogP contribution in [0.5, 0.6) is 0 Å². The highest BCUT2D eigenvalue weighted by molar-refractivity contribution is 7.91. The molecule has 8 heteroatoms. The van der Waals surface area contributed by atoms with Crippen molar-refractivity contribution in [2.45, 2.75) is 19.8 Å². The topological polar surface area (TPSA) is 122 Å². The molecule has 1 aliphatic rings. The van der Waals surface area contributed by atoms with Crippen molar-refractivity contribution >= 4 is 21.6 Å². The van der Waals surface area contributed by atoms with E-state index < -0.39 is 15.8 Å². The van der Waals surface area contributed by atoms with Crippen molar-refractivity contribution < 1.29 is 18.4 Å². The molecule has 1 aliphatic heterocycles. The lowest BCUT2D eigenvalue weighted by Gasteiger charge is -2.15. The molecular weight excluding hydrogens is 258 g/mol. The second-order valence-electron chi connectivity index (χ2n) is 4.50. The molecular formula is C10H19N3O4S. The van der Waals surface area contributed by atoms with E-state index in [0.29, 0.717) is 19.4 Å². The first-order valence-corrected chi connectivity index (χ1v) is 7.67. The van der Waals surface area contributed by atoms with Crippen LogP contribution in [0.4, 0.5) is 0 Å². The molecule has 1 fully saturated rings. The van der Waals surface area contributed by atoms with Crippen LogP contribution >= 0.6 is 0 Å². The Kier molecular flexibility index (Phi) is 4.94. The van der Waals surface area contributed by atoms with Gasteiger partial charge in [-0.1, -0.05) is 12.1 Å². The quantitative estimate of drug-likeness (QED) is 0.266. The third kappa shape index (κ3) is 3.86. The number of hydrogen-bond donors (Lipinski definition) is 3. The summed E-state index contributed by atoms with van der Waals surface area (Å²) >= 11 is 0. The van der Waals surface area contributed by atoms with Crippen LogP contribution in [-0.2, 0) is 14.6 Å². The van der Waals surface area contributed by atoms with Gasteiger partial charge in [-0.3, -0.25) is 4.79 Å². The van der Waals surface area contributed by atoms with Crippen LogP contribution in [0.2, 0.25) is 0 Å². The van der Waals surface area contributed by atoms with Gasteiger partial charge < -0.3 is 16.3 Å². The standard InChI is InChI=1S/C10H19N3O4S/c1-2-8(9(11)13-15)10(14)12-5-7-3-4-18(16,17)6-7/h7-8,15H,2-6H2,1H3,(H2,11,13)(H,12,14). The smallest absolute Gasteiger partial charge is 0.230 e. The van der Waals surface area contributed by atoms with Crippen molar-refractivity contribution in [2.75, 3.05) is 18.1 Å². The lowest BCUT2D eigenvalue weighted by atomic mass is 10.0. The number of rotatable bonds is 5. The van der Waals surface area contributed by atoms with Gasteiger partial charge in [-0.2, -0.15) is 0 Å². The van der Waals surface area contributed by atoms with E-state index in [9.17, 15) is 13.2 Å². The minimum Gasteiger partial charge on any atom is -0.409 e. The minimum absolute atomic E-state index is 0.0382. The van der Waals surface area contributed by atoms with Crippen LogP contribution in [0.1, 0.15) is 19.8 Å². The second-order valence-corrected chi connectivity index (χ2v) is 6.73. The highest BCUT2D eigenvalue weighted by Gasteiger charge is 2.29. The van der Waals surface area contributed by atoms with Crippen molar-refractivity contribution in [1.82, 2.24) is 5.32 Å². The molecule has 4 N–H and O–H groups in total. The zero-order chi connectivity index (χ0) is 13.8. The summed E-state index contributed by atoms with van der Waals surface area (Å²) in [5, 5.41) is 14.0. The van der Waals surface area contributed by atoms with Crippen molar-refractivity contribution in [1.29, 1.82) is 0 Å². The zero-order valence-electron chi connectivity index (χ0n) is 10.3. The molecule has 1 rings (SSSR count). The zero-order valence-corrected chi connectivity index (χ0v) is 11.1. The number of hydrogen-bond acceptors (Lipinski definition) is 5. The summed E-state index contributed by atoms with van der Waals surface area (Å²) in [7, 11) is -2.93. The number of amidine groups is 1. The van der Waals surface area contributed by atoms with Crippen molar-refractivity contribution in [3.8, 4) is 0 Å². The fourth-order valence-corrected chi connectivity index (χ4v) is 3.86. The van der Waals surface area contributed by atoms with E-state index in [2.05, 4.69) is 10.5 Å². The van der Waals surface area contributed by atoms with E-state index in [4.69, 9.17) is 10.9 Å². The molecule has 18 heavy (non-hydrogen) atoms. The average Bonchev–Trinajstić information content (AvgIpc) is 2.67. The van der Waals surface area contributed by atoms with Crippen molar-refractivity contribution in [2.24, 2.45) is 22.7 Å². The van der Waals surface area contributed by atoms with Gasteiger partial charge >= 0.3 is 0 Å². The fourth-order valence-electron chi connectivity index (χ4n) is 2.00. The Morgan fingerprint density at radius 2 is 2.28 bits per heavy atom. The first-order valence-electron chi connectivity index (χ1n) is 5.85. The Morgan fingerprint density at radius 3 is 2.72 bits per heavy atom. The van der Waals surface area contributed by atoms with Crippen LogP contribution in [0.15, 0.2) is 5.16 Å². The maximum atomic E-state index is 11.8. The molecule has 2 unspecified atom stereocenters. The Hall–Kier alpha value is -1.31. The molecule has 1 saturated heterocycles. The Bertz CT molecular complexity index is 432. The summed E-state index contributed by atoms with van der Waals surface area (Å²) in [5.74, 6) is -0.874. The first-order chi connectivity index (χ1) is 8.39. The molecule has 104 valence electrons. The normalized spacial score (nSPS) is 24.7. The molecule has 0 aromatic rings. The van der Waals surface area contributed by atoms with Gasteiger partial charge in [-0.25, -0.2) is 8.42 Å². The maximum absolute atomic E-state index is 11.8. The molecule has 0 spiro atoms. The Morgan fingerprint density at radius 1 is 1.61 bits per heavy atom. The van der Waals surface area contributed by atoms with Crippen molar-refractivity contribution in [3.63, 3.8) is 0 Å². The van der Waals surface area contributed by atoms with E-state index >= 15 is 0 Å². The van der Waals surface area contributed by atoms with Gasteiger partial charge in [0.2, 0.25) is 5.91 Å². The van der Waals surface area contributed by atoms with Crippen LogP contribution in [0, 0.1) is 11.8 Å². The molecule has 0 radical (unpaired) electrons. The van der Waals surface area contributed by atoms with E-state index in [1.807, 2.05) is 0 Å². The Labute approximate surface area is 106 Å². The van der Waals surface area contributed by atoms with Gasteiger partial charge in [0.1, 0.15) is 0 Å². The number of carbonyl (C=O) groups excluding carboxylic acids is 1. The van der Waals surface area contributed by atoms with Gasteiger partial charge in [0.15, 0.2) is 15.7 Å². The predicted molar refractivity (Wildman–Crippen MR) is 67.0 cm³/mol. The average molecular weight is 277 g/mol. The molecule has 0 bridgehead atoms. The monoisotopic (exact) mass is 277 g/mol. The molecule has 0 saturated carbocycles. The lowest BCUT2D eigenvalue weighted by molar-refractivity contribution is -0.123. The van der Waals surface area contributed by atoms with Gasteiger partial charge in [0, 0.05) is 6.54 Å². The lowest BCUT2D eigenvalue weighted by Crippen LogP contribution is -2.40. The van der Waals surface area contributed by atoms with Gasteiger partial charge in [-0.05, 0) is 18.8 Å². The van der Waals surface area contributed by atoms with Crippen LogP contribution in [-0.4, -0.2) is 43.4 Å². The van der Waals surface area contributed by atoms with Gasteiger partial charge in [0.05, 0.1) is 17.4 Å².